The largest absolute Gasteiger partial charge is 0.313 e. The van der Waals surface area contributed by atoms with Gasteiger partial charge in [0.05, 0.1) is 0 Å². The third-order valence-electron chi connectivity index (χ3n) is 3.99. The molecule has 0 bridgehead atoms. The number of nitrogens with zero attached hydrogens (tertiary/aromatic N) is 2. The minimum atomic E-state index is -3.49. The van der Waals surface area contributed by atoms with E-state index in [2.05, 4.69) is 15.5 Å². The van der Waals surface area contributed by atoms with Gasteiger partial charge in [0.1, 0.15) is 0 Å². The minimum Gasteiger partial charge on any atom is -0.313 e. The molecular formula is C14H26N4O2S. The van der Waals surface area contributed by atoms with E-state index in [0.29, 0.717) is 19.6 Å². The number of H-pyrrole nitrogens is 1. The van der Waals surface area contributed by atoms with E-state index in [1.807, 2.05) is 13.8 Å². The van der Waals surface area contributed by atoms with Crippen LogP contribution in [0.25, 0.3) is 0 Å². The first-order chi connectivity index (χ1) is 10.1. The Morgan fingerprint density at radius 2 is 1.81 bits per heavy atom. The fraction of sp³-hybridized carbons (Fsp3) is 0.786. The van der Waals surface area contributed by atoms with E-state index >= 15 is 0 Å². The van der Waals surface area contributed by atoms with E-state index in [1.165, 1.54) is 6.42 Å². The van der Waals surface area contributed by atoms with Crippen molar-refractivity contribution in [3.05, 3.63) is 11.3 Å². The lowest BCUT2D eigenvalue weighted by Gasteiger charge is -2.23. The highest BCUT2D eigenvalue weighted by atomic mass is 32.2. The predicted octanol–water partition coefficient (Wildman–Crippen LogP) is 1.78. The molecule has 0 amide bonds. The average molecular weight is 314 g/mol. The Hall–Kier alpha value is -0.920. The molecular weight excluding hydrogens is 288 g/mol. The van der Waals surface area contributed by atoms with E-state index < -0.39 is 10.0 Å². The maximum absolute atomic E-state index is 12.9. The van der Waals surface area contributed by atoms with Crippen LogP contribution in [-0.4, -0.2) is 42.6 Å². The number of rotatable bonds is 5. The van der Waals surface area contributed by atoms with Gasteiger partial charge >= 0.3 is 0 Å². The molecule has 1 aromatic heterocycles. The summed E-state index contributed by atoms with van der Waals surface area (Å²) in [5.74, 6) is 0. The number of sulfonamides is 1. The number of nitrogens with one attached hydrogen (secondary N) is 2. The van der Waals surface area contributed by atoms with Crippen LogP contribution in [-0.2, 0) is 16.6 Å². The number of aromatic nitrogens is 2. The van der Waals surface area contributed by atoms with Gasteiger partial charge in [-0.1, -0.05) is 26.2 Å². The molecule has 1 aliphatic rings. The second-order valence-electron chi connectivity index (χ2n) is 5.58. The van der Waals surface area contributed by atoms with E-state index in [9.17, 15) is 8.42 Å². The Balaban J connectivity index is 2.25. The minimum absolute atomic E-state index is 0.196. The maximum atomic E-state index is 12.9. The molecule has 6 nitrogen and oxygen atoms in total. The van der Waals surface area contributed by atoms with Gasteiger partial charge in [0.15, 0.2) is 5.03 Å². The summed E-state index contributed by atoms with van der Waals surface area (Å²) in [4.78, 5) is 0. The third-order valence-corrected chi connectivity index (χ3v) is 5.86. The topological polar surface area (TPSA) is 78.1 Å². The van der Waals surface area contributed by atoms with Crippen molar-refractivity contribution >= 4 is 10.0 Å². The zero-order chi connectivity index (χ0) is 15.3. The van der Waals surface area contributed by atoms with Crippen molar-refractivity contribution in [2.75, 3.05) is 19.6 Å². The van der Waals surface area contributed by atoms with Crippen LogP contribution in [0, 0.1) is 6.92 Å². The summed E-state index contributed by atoms with van der Waals surface area (Å²) in [5.41, 5.74) is 1.58. The summed E-state index contributed by atoms with van der Waals surface area (Å²) >= 11 is 0. The van der Waals surface area contributed by atoms with E-state index in [-0.39, 0.29) is 5.03 Å². The number of hydrogen-bond donors (Lipinski definition) is 2. The highest BCUT2D eigenvalue weighted by Gasteiger charge is 2.30. The molecule has 7 heteroatoms. The Morgan fingerprint density at radius 3 is 2.43 bits per heavy atom. The molecule has 0 saturated carbocycles. The fourth-order valence-corrected chi connectivity index (χ4v) is 4.36. The molecule has 0 unspecified atom stereocenters. The summed E-state index contributed by atoms with van der Waals surface area (Å²) in [5, 5.41) is 10.3. The van der Waals surface area contributed by atoms with Crippen LogP contribution in [0.5, 0.6) is 0 Å². The van der Waals surface area contributed by atoms with Crippen molar-refractivity contribution in [2.24, 2.45) is 0 Å². The van der Waals surface area contributed by atoms with Gasteiger partial charge in [-0.2, -0.15) is 9.40 Å². The molecule has 21 heavy (non-hydrogen) atoms. The van der Waals surface area contributed by atoms with Crippen molar-refractivity contribution in [2.45, 2.75) is 57.5 Å². The lowest BCUT2D eigenvalue weighted by atomic mass is 10.1. The molecule has 0 radical (unpaired) electrons. The third kappa shape index (κ3) is 3.84. The van der Waals surface area contributed by atoms with Crippen LogP contribution in [0.4, 0.5) is 0 Å². The lowest BCUT2D eigenvalue weighted by Crippen LogP contribution is -2.35. The molecule has 0 aromatic carbocycles. The van der Waals surface area contributed by atoms with Gasteiger partial charge in [0.25, 0.3) is 10.0 Å². The maximum Gasteiger partial charge on any atom is 0.262 e. The molecule has 0 atom stereocenters. The summed E-state index contributed by atoms with van der Waals surface area (Å²) < 4.78 is 27.3. The molecule has 1 aliphatic heterocycles. The molecule has 2 rings (SSSR count). The summed E-state index contributed by atoms with van der Waals surface area (Å²) in [6.07, 6.45) is 5.29. The van der Waals surface area contributed by atoms with Crippen molar-refractivity contribution < 1.29 is 8.42 Å². The zero-order valence-electron chi connectivity index (χ0n) is 13.0. The monoisotopic (exact) mass is 314 g/mol. The molecule has 1 aromatic rings. The van der Waals surface area contributed by atoms with Crippen molar-refractivity contribution in [1.29, 1.82) is 0 Å². The summed E-state index contributed by atoms with van der Waals surface area (Å²) in [6, 6.07) is 0. The zero-order valence-corrected chi connectivity index (χ0v) is 13.8. The van der Waals surface area contributed by atoms with Gasteiger partial charge in [0.2, 0.25) is 0 Å². The predicted molar refractivity (Wildman–Crippen MR) is 82.5 cm³/mol. The van der Waals surface area contributed by atoms with Crippen LogP contribution < -0.4 is 5.32 Å². The van der Waals surface area contributed by atoms with E-state index in [0.717, 1.165) is 43.5 Å². The van der Waals surface area contributed by atoms with Crippen LogP contribution in [0.1, 0.15) is 50.3 Å². The fourth-order valence-electron chi connectivity index (χ4n) is 2.68. The number of aromatic amines is 1. The standard InChI is InChI=1S/C14H26N4O2S/c1-3-15-11-13-12(2)16-17-14(13)21(19,20)18-9-7-5-4-6-8-10-18/h15H,3-11H2,1-2H3,(H,16,17). The molecule has 2 N–H and O–H groups in total. The van der Waals surface area contributed by atoms with Crippen LogP contribution in [0.15, 0.2) is 5.03 Å². The molecule has 1 fully saturated rings. The van der Waals surface area contributed by atoms with E-state index in [4.69, 9.17) is 0 Å². The van der Waals surface area contributed by atoms with Gasteiger partial charge in [0, 0.05) is 30.9 Å². The number of hydrogen-bond acceptors (Lipinski definition) is 4. The molecule has 2 heterocycles. The molecule has 0 aliphatic carbocycles. The first-order valence-corrected chi connectivity index (χ1v) is 9.26. The van der Waals surface area contributed by atoms with Crippen molar-refractivity contribution in [3.8, 4) is 0 Å². The SMILES string of the molecule is CCNCc1c(S(=O)(=O)N2CCCCCCC2)n[nH]c1C. The molecule has 0 spiro atoms. The van der Waals surface area contributed by atoms with Crippen molar-refractivity contribution in [3.63, 3.8) is 0 Å². The van der Waals surface area contributed by atoms with Crippen LogP contribution in [0.3, 0.4) is 0 Å². The van der Waals surface area contributed by atoms with Crippen LogP contribution in [0.2, 0.25) is 0 Å². The second-order valence-corrected chi connectivity index (χ2v) is 7.44. The second kappa shape index (κ2) is 7.38. The van der Waals surface area contributed by atoms with Gasteiger partial charge in [-0.05, 0) is 26.3 Å². The lowest BCUT2D eigenvalue weighted by molar-refractivity contribution is 0.362. The summed E-state index contributed by atoms with van der Waals surface area (Å²) in [7, 11) is -3.49. The molecule has 1 saturated heterocycles. The first kappa shape index (κ1) is 16.5. The molecule has 120 valence electrons. The average Bonchev–Trinajstić information content (AvgIpc) is 2.77. The van der Waals surface area contributed by atoms with Crippen LogP contribution >= 0.6 is 0 Å². The Bertz CT molecular complexity index is 545. The smallest absolute Gasteiger partial charge is 0.262 e. The van der Waals surface area contributed by atoms with Gasteiger partial charge in [-0.15, -0.1) is 0 Å². The first-order valence-electron chi connectivity index (χ1n) is 7.82. The van der Waals surface area contributed by atoms with Gasteiger partial charge < -0.3 is 5.32 Å². The van der Waals surface area contributed by atoms with E-state index in [1.54, 1.807) is 4.31 Å². The normalized spacial score (nSPS) is 18.4. The highest BCUT2D eigenvalue weighted by molar-refractivity contribution is 7.89. The Morgan fingerprint density at radius 1 is 1.19 bits per heavy atom. The Labute approximate surface area is 127 Å². The quantitative estimate of drug-likeness (QED) is 0.868. The number of aryl methyl sites for hydroxylation is 1. The summed E-state index contributed by atoms with van der Waals surface area (Å²) in [6.45, 7) is 6.41. The Kier molecular flexibility index (Phi) is 5.78. The van der Waals surface area contributed by atoms with Gasteiger partial charge in [-0.3, -0.25) is 5.10 Å². The van der Waals surface area contributed by atoms with Gasteiger partial charge in [-0.25, -0.2) is 8.42 Å². The van der Waals surface area contributed by atoms with Crippen molar-refractivity contribution in [1.82, 2.24) is 19.8 Å². The highest BCUT2D eigenvalue weighted by Crippen LogP contribution is 2.23.